The number of rotatable bonds is 1. The second-order valence-electron chi connectivity index (χ2n) is 5.02. The molecule has 0 radical (unpaired) electrons. The predicted molar refractivity (Wildman–Crippen MR) is 70.8 cm³/mol. The topological polar surface area (TPSA) is 29.5 Å². The predicted octanol–water partition coefficient (Wildman–Crippen LogP) is 4.26. The highest BCUT2D eigenvalue weighted by atomic mass is 19.4. The Balaban J connectivity index is 1.93. The molecule has 2 atom stereocenters. The van der Waals surface area contributed by atoms with Gasteiger partial charge in [0.2, 0.25) is 0 Å². The SMILES string of the molecule is O[C@H]1CC(c2cccc(C(F)(F)F)c2)Oc2ccccc21. The number of para-hydroxylation sites is 1. The molecule has 0 saturated heterocycles. The van der Waals surface area contributed by atoms with E-state index in [2.05, 4.69) is 0 Å². The number of hydrogen-bond donors (Lipinski definition) is 1. The largest absolute Gasteiger partial charge is 0.485 e. The van der Waals surface area contributed by atoms with E-state index >= 15 is 0 Å². The summed E-state index contributed by atoms with van der Waals surface area (Å²) in [4.78, 5) is 0. The van der Waals surface area contributed by atoms with Crippen LogP contribution in [0.15, 0.2) is 48.5 Å². The standard InChI is InChI=1S/C16H13F3O2/c17-16(18,19)11-5-3-4-10(8-11)15-9-13(20)12-6-1-2-7-14(12)21-15/h1-8,13,15,20H,9H2/t13-,15?/m0/s1. The normalized spacial score (nSPS) is 21.5. The smallest absolute Gasteiger partial charge is 0.416 e. The summed E-state index contributed by atoms with van der Waals surface area (Å²) in [5.41, 5.74) is 0.371. The summed E-state index contributed by atoms with van der Waals surface area (Å²) < 4.78 is 44.0. The molecule has 1 unspecified atom stereocenters. The molecule has 0 aliphatic carbocycles. The number of ether oxygens (including phenoxy) is 1. The lowest BCUT2D eigenvalue weighted by molar-refractivity contribution is -0.137. The minimum Gasteiger partial charge on any atom is -0.485 e. The van der Waals surface area contributed by atoms with Gasteiger partial charge in [0.05, 0.1) is 11.7 Å². The van der Waals surface area contributed by atoms with Gasteiger partial charge in [0.25, 0.3) is 0 Å². The first kappa shape index (κ1) is 13.9. The van der Waals surface area contributed by atoms with Crippen LogP contribution in [-0.2, 0) is 6.18 Å². The summed E-state index contributed by atoms with van der Waals surface area (Å²) in [5, 5.41) is 10.1. The van der Waals surface area contributed by atoms with E-state index in [9.17, 15) is 18.3 Å². The third kappa shape index (κ3) is 2.74. The minimum absolute atomic E-state index is 0.234. The summed E-state index contributed by atoms with van der Waals surface area (Å²) in [6.45, 7) is 0. The van der Waals surface area contributed by atoms with Crippen LogP contribution in [0.1, 0.15) is 35.3 Å². The first-order chi connectivity index (χ1) is 9.95. The maximum absolute atomic E-state index is 12.8. The second kappa shape index (κ2) is 5.07. The van der Waals surface area contributed by atoms with E-state index in [0.29, 0.717) is 16.9 Å². The molecular weight excluding hydrogens is 281 g/mol. The van der Waals surface area contributed by atoms with Crippen LogP contribution in [0.2, 0.25) is 0 Å². The van der Waals surface area contributed by atoms with Crippen molar-refractivity contribution in [2.75, 3.05) is 0 Å². The van der Waals surface area contributed by atoms with Crippen molar-refractivity contribution in [3.63, 3.8) is 0 Å². The van der Waals surface area contributed by atoms with Crippen molar-refractivity contribution in [3.05, 3.63) is 65.2 Å². The maximum Gasteiger partial charge on any atom is 0.416 e. The van der Waals surface area contributed by atoms with Gasteiger partial charge in [-0.05, 0) is 23.8 Å². The molecule has 1 aliphatic heterocycles. The molecule has 0 amide bonds. The van der Waals surface area contributed by atoms with Gasteiger partial charge in [-0.1, -0.05) is 30.3 Å². The monoisotopic (exact) mass is 294 g/mol. The Morgan fingerprint density at radius 2 is 1.81 bits per heavy atom. The molecule has 5 heteroatoms. The molecule has 0 saturated carbocycles. The fourth-order valence-electron chi connectivity index (χ4n) is 2.51. The summed E-state index contributed by atoms with van der Waals surface area (Å²) in [6.07, 6.45) is -5.48. The highest BCUT2D eigenvalue weighted by Crippen LogP contribution is 2.41. The zero-order chi connectivity index (χ0) is 15.0. The molecule has 2 nitrogen and oxygen atoms in total. The zero-order valence-electron chi connectivity index (χ0n) is 11.0. The van der Waals surface area contributed by atoms with Gasteiger partial charge < -0.3 is 9.84 Å². The van der Waals surface area contributed by atoms with E-state index in [1.165, 1.54) is 6.07 Å². The van der Waals surface area contributed by atoms with Gasteiger partial charge in [-0.3, -0.25) is 0 Å². The second-order valence-corrected chi connectivity index (χ2v) is 5.02. The molecule has 0 fully saturated rings. The summed E-state index contributed by atoms with van der Waals surface area (Å²) in [6, 6.07) is 12.0. The number of benzene rings is 2. The maximum atomic E-state index is 12.8. The summed E-state index contributed by atoms with van der Waals surface area (Å²) >= 11 is 0. The van der Waals surface area contributed by atoms with E-state index in [1.807, 2.05) is 0 Å². The van der Waals surface area contributed by atoms with Crippen molar-refractivity contribution in [1.82, 2.24) is 0 Å². The zero-order valence-corrected chi connectivity index (χ0v) is 11.0. The van der Waals surface area contributed by atoms with E-state index in [0.717, 1.165) is 12.1 Å². The molecule has 1 heterocycles. The van der Waals surface area contributed by atoms with Crippen molar-refractivity contribution >= 4 is 0 Å². The van der Waals surface area contributed by atoms with E-state index in [1.54, 1.807) is 30.3 Å². The van der Waals surface area contributed by atoms with E-state index in [4.69, 9.17) is 4.74 Å². The molecule has 3 rings (SSSR count). The van der Waals surface area contributed by atoms with Gasteiger partial charge in [-0.25, -0.2) is 0 Å². The third-order valence-corrected chi connectivity index (χ3v) is 3.57. The van der Waals surface area contributed by atoms with Crippen molar-refractivity contribution in [1.29, 1.82) is 0 Å². The number of hydrogen-bond acceptors (Lipinski definition) is 2. The molecule has 1 aliphatic rings. The van der Waals surface area contributed by atoms with Crippen LogP contribution in [-0.4, -0.2) is 5.11 Å². The highest BCUT2D eigenvalue weighted by Gasteiger charge is 2.33. The van der Waals surface area contributed by atoms with Crippen LogP contribution in [0.25, 0.3) is 0 Å². The Kier molecular flexibility index (Phi) is 3.37. The highest BCUT2D eigenvalue weighted by molar-refractivity contribution is 5.39. The molecule has 21 heavy (non-hydrogen) atoms. The lowest BCUT2D eigenvalue weighted by Crippen LogP contribution is -2.19. The van der Waals surface area contributed by atoms with Crippen LogP contribution in [0.3, 0.4) is 0 Å². The first-order valence-corrected chi connectivity index (χ1v) is 6.56. The van der Waals surface area contributed by atoms with Crippen LogP contribution >= 0.6 is 0 Å². The van der Waals surface area contributed by atoms with Crippen molar-refractivity contribution in [2.24, 2.45) is 0 Å². The summed E-state index contributed by atoms with van der Waals surface area (Å²) in [7, 11) is 0. The third-order valence-electron chi connectivity index (χ3n) is 3.57. The molecule has 2 aromatic rings. The van der Waals surface area contributed by atoms with E-state index < -0.39 is 23.9 Å². The fourth-order valence-corrected chi connectivity index (χ4v) is 2.51. The molecule has 0 aromatic heterocycles. The van der Waals surface area contributed by atoms with Crippen molar-refractivity contribution in [3.8, 4) is 5.75 Å². The average molecular weight is 294 g/mol. The van der Waals surface area contributed by atoms with Crippen LogP contribution in [0.5, 0.6) is 5.75 Å². The van der Waals surface area contributed by atoms with Gasteiger partial charge in [0.1, 0.15) is 11.9 Å². The Hall–Kier alpha value is -2.01. The lowest BCUT2D eigenvalue weighted by Gasteiger charge is -2.30. The summed E-state index contributed by atoms with van der Waals surface area (Å²) in [5.74, 6) is 0.513. The van der Waals surface area contributed by atoms with E-state index in [-0.39, 0.29) is 6.42 Å². The molecule has 2 aromatic carbocycles. The van der Waals surface area contributed by atoms with Gasteiger partial charge in [-0.15, -0.1) is 0 Å². The van der Waals surface area contributed by atoms with Gasteiger partial charge in [0.15, 0.2) is 0 Å². The minimum atomic E-state index is -4.39. The number of halogens is 3. The Labute approximate surface area is 119 Å². The number of alkyl halides is 3. The van der Waals surface area contributed by atoms with Crippen molar-refractivity contribution in [2.45, 2.75) is 24.8 Å². The quantitative estimate of drug-likeness (QED) is 0.851. The van der Waals surface area contributed by atoms with Gasteiger partial charge in [0, 0.05) is 12.0 Å². The van der Waals surface area contributed by atoms with Crippen molar-refractivity contribution < 1.29 is 23.0 Å². The molecular formula is C16H13F3O2. The van der Waals surface area contributed by atoms with Crippen LogP contribution < -0.4 is 4.74 Å². The first-order valence-electron chi connectivity index (χ1n) is 6.56. The van der Waals surface area contributed by atoms with Crippen LogP contribution in [0, 0.1) is 0 Å². The number of aliphatic hydroxyl groups excluding tert-OH is 1. The van der Waals surface area contributed by atoms with Crippen LogP contribution in [0.4, 0.5) is 13.2 Å². The lowest BCUT2D eigenvalue weighted by atomic mass is 9.94. The average Bonchev–Trinajstić information content (AvgIpc) is 2.46. The fraction of sp³-hybridized carbons (Fsp3) is 0.250. The Morgan fingerprint density at radius 1 is 1.05 bits per heavy atom. The molecule has 110 valence electrons. The Bertz CT molecular complexity index is 652. The molecule has 0 bridgehead atoms. The molecule has 0 spiro atoms. The van der Waals surface area contributed by atoms with Gasteiger partial charge >= 0.3 is 6.18 Å². The van der Waals surface area contributed by atoms with Gasteiger partial charge in [-0.2, -0.15) is 13.2 Å². The number of fused-ring (bicyclic) bond motifs is 1. The number of aliphatic hydroxyl groups is 1. The Morgan fingerprint density at radius 3 is 2.57 bits per heavy atom. The molecule has 1 N–H and O–H groups in total.